The van der Waals surface area contributed by atoms with Gasteiger partial charge in [-0.25, -0.2) is 4.79 Å². The molecule has 0 saturated heterocycles. The molecule has 0 atom stereocenters. The van der Waals surface area contributed by atoms with Crippen LogP contribution in [-0.4, -0.2) is 42.8 Å². The van der Waals surface area contributed by atoms with Crippen LogP contribution in [0, 0.1) is 10.8 Å². The molecule has 2 aromatic rings. The topological polar surface area (TPSA) is 105 Å². The molecule has 7 heteroatoms. The molecule has 0 aliphatic heterocycles. The van der Waals surface area contributed by atoms with Gasteiger partial charge >= 0.3 is 12.1 Å². The molecule has 0 radical (unpaired) electrons. The number of carbonyl (C=O) groups excluding carboxylic acids is 2. The van der Waals surface area contributed by atoms with E-state index in [1.807, 2.05) is 24.3 Å². The summed E-state index contributed by atoms with van der Waals surface area (Å²) in [6, 6.07) is 16.3. The van der Waals surface area contributed by atoms with E-state index in [1.54, 1.807) is 0 Å². The lowest BCUT2D eigenvalue weighted by Gasteiger charge is -2.40. The molecule has 5 rings (SSSR count). The maximum atomic E-state index is 13.0. The highest BCUT2D eigenvalue weighted by Crippen LogP contribution is 2.45. The van der Waals surface area contributed by atoms with Crippen LogP contribution in [0.4, 0.5) is 4.79 Å². The summed E-state index contributed by atoms with van der Waals surface area (Å²) in [5.41, 5.74) is 3.09. The molecule has 2 aromatic carbocycles. The Bertz CT molecular complexity index is 1090. The molecule has 3 aliphatic rings. The van der Waals surface area contributed by atoms with Gasteiger partial charge in [-0.2, -0.15) is 0 Å². The van der Waals surface area contributed by atoms with Crippen molar-refractivity contribution in [2.75, 3.05) is 19.7 Å². The molecule has 3 aliphatic carbocycles. The second-order valence-corrected chi connectivity index (χ2v) is 10.3. The summed E-state index contributed by atoms with van der Waals surface area (Å²) in [4.78, 5) is 37.4. The smallest absolute Gasteiger partial charge is 0.407 e. The summed E-state index contributed by atoms with van der Waals surface area (Å²) in [5, 5.41) is 15.4. The van der Waals surface area contributed by atoms with E-state index >= 15 is 0 Å². The molecule has 0 bridgehead atoms. The average molecular weight is 477 g/mol. The SMILES string of the molecule is O=C(NCC1(C(=O)NCC2(C(=O)O)CCCC2)CCC1)OCC1c2ccccc2-c2ccccc21. The molecular formula is C28H32N2O5. The van der Waals surface area contributed by atoms with E-state index in [0.29, 0.717) is 25.7 Å². The Morgan fingerprint density at radius 3 is 1.89 bits per heavy atom. The van der Waals surface area contributed by atoms with E-state index in [4.69, 9.17) is 4.74 Å². The van der Waals surface area contributed by atoms with Crippen LogP contribution in [0.2, 0.25) is 0 Å². The van der Waals surface area contributed by atoms with Gasteiger partial charge < -0.3 is 20.5 Å². The first kappa shape index (κ1) is 23.4. The highest BCUT2D eigenvalue weighted by Gasteiger charge is 2.47. The van der Waals surface area contributed by atoms with Crippen molar-refractivity contribution in [1.29, 1.82) is 0 Å². The Kier molecular flexibility index (Phi) is 6.26. The number of benzene rings is 2. The summed E-state index contributed by atoms with van der Waals surface area (Å²) in [5.74, 6) is -1.03. The van der Waals surface area contributed by atoms with Crippen LogP contribution in [0.3, 0.4) is 0 Å². The number of aliphatic carboxylic acids is 1. The number of carboxylic acids is 1. The number of nitrogens with one attached hydrogen (secondary N) is 2. The zero-order valence-corrected chi connectivity index (χ0v) is 19.8. The lowest BCUT2D eigenvalue weighted by molar-refractivity contribution is -0.149. The minimum absolute atomic E-state index is 0.0206. The highest BCUT2D eigenvalue weighted by molar-refractivity contribution is 5.85. The van der Waals surface area contributed by atoms with Crippen molar-refractivity contribution in [2.24, 2.45) is 10.8 Å². The molecule has 0 unspecified atom stereocenters. The van der Waals surface area contributed by atoms with Gasteiger partial charge in [0.25, 0.3) is 0 Å². The van der Waals surface area contributed by atoms with Crippen molar-refractivity contribution in [1.82, 2.24) is 10.6 Å². The van der Waals surface area contributed by atoms with Gasteiger partial charge in [-0.15, -0.1) is 0 Å². The van der Waals surface area contributed by atoms with Gasteiger partial charge in [0.2, 0.25) is 5.91 Å². The fourth-order valence-electron chi connectivity index (χ4n) is 5.93. The molecule has 2 saturated carbocycles. The largest absolute Gasteiger partial charge is 0.481 e. The number of alkyl carbamates (subject to hydrolysis) is 1. The molecule has 2 fully saturated rings. The quantitative estimate of drug-likeness (QED) is 0.522. The third kappa shape index (κ3) is 4.28. The van der Waals surface area contributed by atoms with Crippen LogP contribution in [0.15, 0.2) is 48.5 Å². The fraction of sp³-hybridized carbons (Fsp3) is 0.464. The van der Waals surface area contributed by atoms with Crippen molar-refractivity contribution >= 4 is 18.0 Å². The first-order chi connectivity index (χ1) is 16.9. The van der Waals surface area contributed by atoms with E-state index in [2.05, 4.69) is 34.9 Å². The summed E-state index contributed by atoms with van der Waals surface area (Å²) in [6.45, 7) is 0.559. The van der Waals surface area contributed by atoms with Crippen LogP contribution in [0.25, 0.3) is 11.1 Å². The Balaban J connectivity index is 1.16. The lowest BCUT2D eigenvalue weighted by Crippen LogP contribution is -2.54. The number of ether oxygens (including phenoxy) is 1. The van der Waals surface area contributed by atoms with Crippen molar-refractivity contribution in [3.05, 3.63) is 59.7 Å². The lowest BCUT2D eigenvalue weighted by atomic mass is 9.67. The molecule has 7 nitrogen and oxygen atoms in total. The van der Waals surface area contributed by atoms with E-state index < -0.39 is 22.9 Å². The zero-order chi connectivity index (χ0) is 24.5. The Hall–Kier alpha value is -3.35. The van der Waals surface area contributed by atoms with Crippen molar-refractivity contribution < 1.29 is 24.2 Å². The maximum Gasteiger partial charge on any atom is 0.407 e. The van der Waals surface area contributed by atoms with Gasteiger partial charge in [-0.1, -0.05) is 67.8 Å². The van der Waals surface area contributed by atoms with Crippen LogP contribution in [0.5, 0.6) is 0 Å². The molecule has 0 heterocycles. The maximum absolute atomic E-state index is 13.0. The van der Waals surface area contributed by atoms with Crippen molar-refractivity contribution in [3.8, 4) is 11.1 Å². The number of carbonyl (C=O) groups is 3. The second-order valence-electron chi connectivity index (χ2n) is 10.3. The number of hydrogen-bond donors (Lipinski definition) is 3. The van der Waals surface area contributed by atoms with Gasteiger partial charge in [0.15, 0.2) is 0 Å². The molecule has 3 N–H and O–H groups in total. The van der Waals surface area contributed by atoms with E-state index in [-0.39, 0.29) is 31.5 Å². The number of carboxylic acid groups (broad SMARTS) is 1. The zero-order valence-electron chi connectivity index (χ0n) is 19.8. The standard InChI is InChI=1S/C28H32N2O5/c31-24(29-18-28(25(32)33)12-5-6-13-28)27(14-7-15-27)17-30-26(34)35-16-23-21-10-3-1-8-19(21)20-9-2-4-11-22(20)23/h1-4,8-11,23H,5-7,12-18H2,(H,29,31)(H,30,34)(H,32,33). The summed E-state index contributed by atoms with van der Waals surface area (Å²) < 4.78 is 5.61. The highest BCUT2D eigenvalue weighted by atomic mass is 16.5. The van der Waals surface area contributed by atoms with Crippen LogP contribution in [0.1, 0.15) is 62.0 Å². The molecule has 35 heavy (non-hydrogen) atoms. The fourth-order valence-corrected chi connectivity index (χ4v) is 5.93. The molecule has 0 aromatic heterocycles. The Labute approximate surface area is 205 Å². The van der Waals surface area contributed by atoms with Crippen LogP contribution in [-0.2, 0) is 14.3 Å². The molecule has 184 valence electrons. The molecule has 2 amide bonds. The van der Waals surface area contributed by atoms with Gasteiger partial charge in [0, 0.05) is 19.0 Å². The monoisotopic (exact) mass is 476 g/mol. The van der Waals surface area contributed by atoms with Crippen LogP contribution < -0.4 is 10.6 Å². The number of hydrogen-bond acceptors (Lipinski definition) is 4. The summed E-state index contributed by atoms with van der Waals surface area (Å²) in [6.07, 6.45) is 4.63. The predicted molar refractivity (Wildman–Crippen MR) is 131 cm³/mol. The minimum atomic E-state index is -0.860. The number of amides is 2. The first-order valence-corrected chi connectivity index (χ1v) is 12.5. The second kappa shape index (κ2) is 9.36. The molecule has 0 spiro atoms. The predicted octanol–water partition coefficient (Wildman–Crippen LogP) is 4.46. The summed E-state index contributed by atoms with van der Waals surface area (Å²) in [7, 11) is 0. The number of rotatable bonds is 8. The molecular weight excluding hydrogens is 444 g/mol. The van der Waals surface area contributed by atoms with E-state index in [0.717, 1.165) is 30.4 Å². The third-order valence-corrected chi connectivity index (χ3v) is 8.31. The average Bonchev–Trinajstić information content (AvgIpc) is 3.45. The van der Waals surface area contributed by atoms with Crippen LogP contribution >= 0.6 is 0 Å². The van der Waals surface area contributed by atoms with Crippen molar-refractivity contribution in [2.45, 2.75) is 50.9 Å². The van der Waals surface area contributed by atoms with Crippen molar-refractivity contribution in [3.63, 3.8) is 0 Å². The Morgan fingerprint density at radius 1 is 0.800 bits per heavy atom. The van der Waals surface area contributed by atoms with Gasteiger partial charge in [0.05, 0.1) is 10.8 Å². The first-order valence-electron chi connectivity index (χ1n) is 12.5. The van der Waals surface area contributed by atoms with Gasteiger partial charge in [-0.05, 0) is 47.9 Å². The van der Waals surface area contributed by atoms with E-state index in [1.165, 1.54) is 11.1 Å². The summed E-state index contributed by atoms with van der Waals surface area (Å²) >= 11 is 0. The number of fused-ring (bicyclic) bond motifs is 3. The minimum Gasteiger partial charge on any atom is -0.481 e. The third-order valence-electron chi connectivity index (χ3n) is 8.31. The van der Waals surface area contributed by atoms with Gasteiger partial charge in [0.1, 0.15) is 6.61 Å². The van der Waals surface area contributed by atoms with E-state index in [9.17, 15) is 19.5 Å². The normalized spacial score (nSPS) is 19.2. The Morgan fingerprint density at radius 2 is 1.34 bits per heavy atom. The van der Waals surface area contributed by atoms with Gasteiger partial charge in [-0.3, -0.25) is 9.59 Å².